The summed E-state index contributed by atoms with van der Waals surface area (Å²) in [5.74, 6) is 0.0650. The van der Waals surface area contributed by atoms with Crippen LogP contribution in [0.25, 0.3) is 0 Å². The van der Waals surface area contributed by atoms with Gasteiger partial charge in [-0.05, 0) is 30.3 Å². The second-order valence-electron chi connectivity index (χ2n) is 7.60. The third-order valence-electron chi connectivity index (χ3n) is 5.46. The Morgan fingerprint density at radius 1 is 1.03 bits per heavy atom. The summed E-state index contributed by atoms with van der Waals surface area (Å²) < 4.78 is 18.7. The van der Waals surface area contributed by atoms with Crippen molar-refractivity contribution in [2.75, 3.05) is 69.2 Å². The molecular formula is C22H26FN5O3. The van der Waals surface area contributed by atoms with Crippen molar-refractivity contribution in [3.8, 4) is 0 Å². The van der Waals surface area contributed by atoms with E-state index < -0.39 is 5.82 Å². The van der Waals surface area contributed by atoms with Gasteiger partial charge in [-0.25, -0.2) is 9.37 Å². The Balaban J connectivity index is 1.32. The van der Waals surface area contributed by atoms with E-state index in [0.29, 0.717) is 69.6 Å². The summed E-state index contributed by atoms with van der Waals surface area (Å²) >= 11 is 0. The molecule has 9 heteroatoms. The lowest BCUT2D eigenvalue weighted by Gasteiger charge is -2.35. The maximum atomic E-state index is 13.3. The lowest BCUT2D eigenvalue weighted by atomic mass is 10.2. The highest BCUT2D eigenvalue weighted by Gasteiger charge is 2.27. The fourth-order valence-corrected chi connectivity index (χ4v) is 3.84. The Morgan fingerprint density at radius 3 is 2.55 bits per heavy atom. The highest BCUT2D eigenvalue weighted by atomic mass is 19.1. The number of carbonyl (C=O) groups is 2. The number of nitrogens with one attached hydrogen (secondary N) is 1. The summed E-state index contributed by atoms with van der Waals surface area (Å²) in [6.07, 6.45) is 1.71. The number of rotatable bonds is 5. The average molecular weight is 427 g/mol. The van der Waals surface area contributed by atoms with E-state index in [2.05, 4.69) is 15.2 Å². The molecule has 2 aliphatic rings. The van der Waals surface area contributed by atoms with Gasteiger partial charge in [0, 0.05) is 51.2 Å². The summed E-state index contributed by atoms with van der Waals surface area (Å²) in [4.78, 5) is 35.8. The average Bonchev–Trinajstić information content (AvgIpc) is 2.80. The number of piperazine rings is 1. The van der Waals surface area contributed by atoms with Crippen molar-refractivity contribution >= 4 is 23.3 Å². The van der Waals surface area contributed by atoms with E-state index in [1.54, 1.807) is 24.4 Å². The number of hydrogen-bond donors (Lipinski definition) is 1. The number of halogens is 1. The predicted molar refractivity (Wildman–Crippen MR) is 115 cm³/mol. The fourth-order valence-electron chi connectivity index (χ4n) is 3.84. The number of hydrogen-bond acceptors (Lipinski definition) is 6. The van der Waals surface area contributed by atoms with Gasteiger partial charge in [-0.1, -0.05) is 6.07 Å². The molecule has 2 saturated heterocycles. The SMILES string of the molecule is O=C(CN1CCN(C(=O)c2cccnc2N2CCOCC2)CC1)Nc1cccc(F)c1. The monoisotopic (exact) mass is 427 g/mol. The summed E-state index contributed by atoms with van der Waals surface area (Å²) in [5.41, 5.74) is 1.03. The Morgan fingerprint density at radius 2 is 1.81 bits per heavy atom. The molecule has 2 amide bonds. The van der Waals surface area contributed by atoms with Crippen molar-refractivity contribution in [3.63, 3.8) is 0 Å². The Kier molecular flexibility index (Phi) is 6.73. The highest BCUT2D eigenvalue weighted by molar-refractivity contribution is 5.99. The molecule has 1 N–H and O–H groups in total. The molecule has 0 unspecified atom stereocenters. The van der Waals surface area contributed by atoms with Crippen LogP contribution in [-0.4, -0.2) is 85.6 Å². The van der Waals surface area contributed by atoms with Crippen molar-refractivity contribution in [3.05, 3.63) is 54.0 Å². The fraction of sp³-hybridized carbons (Fsp3) is 0.409. The van der Waals surface area contributed by atoms with E-state index in [9.17, 15) is 14.0 Å². The van der Waals surface area contributed by atoms with Crippen LogP contribution in [0.2, 0.25) is 0 Å². The first-order valence-corrected chi connectivity index (χ1v) is 10.4. The quantitative estimate of drug-likeness (QED) is 0.779. The van der Waals surface area contributed by atoms with Gasteiger partial charge in [-0.15, -0.1) is 0 Å². The molecule has 2 aliphatic heterocycles. The van der Waals surface area contributed by atoms with Crippen LogP contribution < -0.4 is 10.2 Å². The van der Waals surface area contributed by atoms with Gasteiger partial charge in [0.2, 0.25) is 5.91 Å². The van der Waals surface area contributed by atoms with Gasteiger partial charge in [0.25, 0.3) is 5.91 Å². The summed E-state index contributed by atoms with van der Waals surface area (Å²) in [7, 11) is 0. The molecule has 3 heterocycles. The number of benzene rings is 1. The van der Waals surface area contributed by atoms with E-state index in [1.165, 1.54) is 12.1 Å². The van der Waals surface area contributed by atoms with E-state index in [4.69, 9.17) is 4.74 Å². The standard InChI is InChI=1S/C22H26FN5O3/c23-17-3-1-4-18(15-17)25-20(29)16-26-7-9-28(10-8-26)22(30)19-5-2-6-24-21(19)27-11-13-31-14-12-27/h1-6,15H,7-14,16H2,(H,25,29). The molecule has 0 bridgehead atoms. The van der Waals surface area contributed by atoms with Crippen LogP contribution in [-0.2, 0) is 9.53 Å². The van der Waals surface area contributed by atoms with E-state index >= 15 is 0 Å². The van der Waals surface area contributed by atoms with Gasteiger partial charge >= 0.3 is 0 Å². The van der Waals surface area contributed by atoms with E-state index in [1.807, 2.05) is 15.9 Å². The zero-order chi connectivity index (χ0) is 21.6. The second kappa shape index (κ2) is 9.84. The van der Waals surface area contributed by atoms with Crippen LogP contribution in [0.3, 0.4) is 0 Å². The van der Waals surface area contributed by atoms with Crippen molar-refractivity contribution in [2.45, 2.75) is 0 Å². The summed E-state index contributed by atoms with van der Waals surface area (Å²) in [6, 6.07) is 9.42. The number of pyridine rings is 1. The molecule has 2 fully saturated rings. The van der Waals surface area contributed by atoms with Crippen molar-refractivity contribution in [1.29, 1.82) is 0 Å². The molecule has 164 valence electrons. The molecule has 0 aliphatic carbocycles. The number of carbonyl (C=O) groups excluding carboxylic acids is 2. The molecule has 1 aromatic carbocycles. The Hall–Kier alpha value is -3.04. The Bertz CT molecular complexity index is 927. The molecular weight excluding hydrogens is 401 g/mol. The van der Waals surface area contributed by atoms with Crippen LogP contribution in [0, 0.1) is 5.82 Å². The molecule has 8 nitrogen and oxygen atoms in total. The number of amides is 2. The minimum absolute atomic E-state index is 0.0431. The maximum Gasteiger partial charge on any atom is 0.257 e. The molecule has 0 saturated carbocycles. The minimum Gasteiger partial charge on any atom is -0.378 e. The highest BCUT2D eigenvalue weighted by Crippen LogP contribution is 2.21. The molecule has 0 atom stereocenters. The van der Waals surface area contributed by atoms with Gasteiger partial charge in [0.05, 0.1) is 25.3 Å². The second-order valence-corrected chi connectivity index (χ2v) is 7.60. The number of ether oxygens (including phenoxy) is 1. The molecule has 2 aromatic rings. The minimum atomic E-state index is -0.392. The Labute approximate surface area is 180 Å². The normalized spacial score (nSPS) is 17.5. The number of anilines is 2. The first-order valence-electron chi connectivity index (χ1n) is 10.4. The molecule has 0 spiro atoms. The lowest BCUT2D eigenvalue weighted by molar-refractivity contribution is -0.117. The summed E-state index contributed by atoms with van der Waals surface area (Å²) in [5, 5.41) is 2.71. The molecule has 4 rings (SSSR count). The van der Waals surface area contributed by atoms with Crippen molar-refractivity contribution < 1.29 is 18.7 Å². The van der Waals surface area contributed by atoms with Gasteiger partial charge < -0.3 is 19.9 Å². The number of aromatic nitrogens is 1. The number of morpholine rings is 1. The summed E-state index contributed by atoms with van der Waals surface area (Å²) in [6.45, 7) is 5.13. The maximum absolute atomic E-state index is 13.3. The largest absolute Gasteiger partial charge is 0.378 e. The third-order valence-corrected chi connectivity index (χ3v) is 5.46. The predicted octanol–water partition coefficient (Wildman–Crippen LogP) is 1.45. The van der Waals surface area contributed by atoms with Crippen LogP contribution >= 0.6 is 0 Å². The van der Waals surface area contributed by atoms with E-state index in [0.717, 1.165) is 0 Å². The van der Waals surface area contributed by atoms with Gasteiger partial charge in [-0.3, -0.25) is 14.5 Å². The first-order chi connectivity index (χ1) is 15.1. The smallest absolute Gasteiger partial charge is 0.257 e. The zero-order valence-electron chi connectivity index (χ0n) is 17.3. The molecule has 1 aromatic heterocycles. The van der Waals surface area contributed by atoms with Gasteiger partial charge in [0.15, 0.2) is 0 Å². The van der Waals surface area contributed by atoms with Crippen LogP contribution in [0.1, 0.15) is 10.4 Å². The van der Waals surface area contributed by atoms with Gasteiger partial charge in [0.1, 0.15) is 11.6 Å². The number of nitrogens with zero attached hydrogens (tertiary/aromatic N) is 4. The third kappa shape index (κ3) is 5.36. The van der Waals surface area contributed by atoms with Crippen molar-refractivity contribution in [2.24, 2.45) is 0 Å². The van der Waals surface area contributed by atoms with Gasteiger partial charge in [-0.2, -0.15) is 0 Å². The molecule has 0 radical (unpaired) electrons. The van der Waals surface area contributed by atoms with E-state index in [-0.39, 0.29) is 18.4 Å². The molecule has 31 heavy (non-hydrogen) atoms. The van der Waals surface area contributed by atoms with Crippen LogP contribution in [0.4, 0.5) is 15.9 Å². The zero-order valence-corrected chi connectivity index (χ0v) is 17.3. The van der Waals surface area contributed by atoms with Crippen LogP contribution in [0.5, 0.6) is 0 Å². The topological polar surface area (TPSA) is 78.0 Å². The van der Waals surface area contributed by atoms with Crippen LogP contribution in [0.15, 0.2) is 42.6 Å². The first kappa shape index (κ1) is 21.2. The van der Waals surface area contributed by atoms with Crippen molar-refractivity contribution in [1.82, 2.24) is 14.8 Å². The lowest BCUT2D eigenvalue weighted by Crippen LogP contribution is -2.50.